The zero-order valence-electron chi connectivity index (χ0n) is 9.04. The summed E-state index contributed by atoms with van der Waals surface area (Å²) in [5, 5.41) is 0. The number of nitrogens with zero attached hydrogens (tertiary/aromatic N) is 1. The van der Waals surface area contributed by atoms with E-state index in [2.05, 4.69) is 57.1 Å². The third kappa shape index (κ3) is 2.85. The van der Waals surface area contributed by atoms with Crippen molar-refractivity contribution in [1.29, 1.82) is 0 Å². The van der Waals surface area contributed by atoms with Crippen molar-refractivity contribution in [2.45, 2.75) is 19.8 Å². The highest BCUT2D eigenvalue weighted by Crippen LogP contribution is 2.19. The van der Waals surface area contributed by atoms with Crippen molar-refractivity contribution in [3.05, 3.63) is 35.4 Å². The Bertz CT molecular complexity index is 266. The molecule has 1 nitrogen and oxygen atoms in total. The highest BCUT2D eigenvalue weighted by Gasteiger charge is 2.07. The maximum absolute atomic E-state index is 2.28. The van der Waals surface area contributed by atoms with E-state index in [9.17, 15) is 0 Å². The smallest absolute Gasteiger partial charge is 0.00416 e. The average molecular weight is 177 g/mol. The molecule has 72 valence electrons. The van der Waals surface area contributed by atoms with E-state index >= 15 is 0 Å². The molecule has 0 aromatic heterocycles. The fourth-order valence-corrected chi connectivity index (χ4v) is 1.79. The van der Waals surface area contributed by atoms with E-state index in [0.717, 1.165) is 6.54 Å². The molecule has 1 atom stereocenters. The van der Waals surface area contributed by atoms with Gasteiger partial charge >= 0.3 is 0 Å². The van der Waals surface area contributed by atoms with Gasteiger partial charge in [0.1, 0.15) is 0 Å². The van der Waals surface area contributed by atoms with Crippen LogP contribution in [0.3, 0.4) is 0 Å². The molecule has 1 heteroatoms. The van der Waals surface area contributed by atoms with Gasteiger partial charge in [0.2, 0.25) is 0 Å². The van der Waals surface area contributed by atoms with Crippen molar-refractivity contribution in [2.75, 3.05) is 20.6 Å². The second-order valence-electron chi connectivity index (χ2n) is 4.02. The maximum Gasteiger partial charge on any atom is 0.00416 e. The van der Waals surface area contributed by atoms with Crippen LogP contribution in [0.25, 0.3) is 0 Å². The summed E-state index contributed by atoms with van der Waals surface area (Å²) in [4.78, 5) is 2.23. The molecule has 0 saturated carbocycles. The Kier molecular flexibility index (Phi) is 3.49. The number of aryl methyl sites for hydroxylation is 1. The molecule has 0 saturated heterocycles. The summed E-state index contributed by atoms with van der Waals surface area (Å²) in [6, 6.07) is 8.63. The lowest BCUT2D eigenvalue weighted by Crippen LogP contribution is -2.18. The molecule has 0 aliphatic rings. The topological polar surface area (TPSA) is 3.24 Å². The highest BCUT2D eigenvalue weighted by molar-refractivity contribution is 5.28. The fraction of sp³-hybridized carbons (Fsp3) is 0.500. The summed E-state index contributed by atoms with van der Waals surface area (Å²) in [7, 11) is 4.24. The second-order valence-corrected chi connectivity index (χ2v) is 4.02. The van der Waals surface area contributed by atoms with E-state index in [4.69, 9.17) is 0 Å². The molecule has 1 rings (SSSR count). The van der Waals surface area contributed by atoms with E-state index in [0.29, 0.717) is 5.92 Å². The van der Waals surface area contributed by atoms with E-state index in [1.54, 1.807) is 0 Å². The summed E-state index contributed by atoms with van der Waals surface area (Å²) in [5.41, 5.74) is 2.87. The van der Waals surface area contributed by atoms with Crippen LogP contribution < -0.4 is 0 Å². The molecule has 0 radical (unpaired) electrons. The van der Waals surface area contributed by atoms with Crippen molar-refractivity contribution < 1.29 is 0 Å². The monoisotopic (exact) mass is 177 g/mol. The summed E-state index contributed by atoms with van der Waals surface area (Å²) >= 11 is 0. The summed E-state index contributed by atoms with van der Waals surface area (Å²) in [6.07, 6.45) is 0. The minimum absolute atomic E-state index is 0.621. The van der Waals surface area contributed by atoms with Crippen molar-refractivity contribution in [2.24, 2.45) is 0 Å². The van der Waals surface area contributed by atoms with Crippen LogP contribution in [-0.4, -0.2) is 25.5 Å². The van der Waals surface area contributed by atoms with Crippen LogP contribution >= 0.6 is 0 Å². The summed E-state index contributed by atoms with van der Waals surface area (Å²) in [5.74, 6) is 0.621. The van der Waals surface area contributed by atoms with Gasteiger partial charge in [-0.15, -0.1) is 0 Å². The molecule has 13 heavy (non-hydrogen) atoms. The largest absolute Gasteiger partial charge is 0.309 e. The summed E-state index contributed by atoms with van der Waals surface area (Å²) in [6.45, 7) is 5.58. The quantitative estimate of drug-likeness (QED) is 0.686. The van der Waals surface area contributed by atoms with Crippen LogP contribution in [0.15, 0.2) is 24.3 Å². The van der Waals surface area contributed by atoms with E-state index in [1.807, 2.05) is 0 Å². The first-order chi connectivity index (χ1) is 6.11. The minimum Gasteiger partial charge on any atom is -0.309 e. The zero-order valence-corrected chi connectivity index (χ0v) is 9.04. The predicted molar refractivity (Wildman–Crippen MR) is 58.1 cm³/mol. The molecule has 0 amide bonds. The molecule has 0 aliphatic carbocycles. The second kappa shape index (κ2) is 4.43. The summed E-state index contributed by atoms with van der Waals surface area (Å²) < 4.78 is 0. The van der Waals surface area contributed by atoms with Gasteiger partial charge in [-0.3, -0.25) is 0 Å². The maximum atomic E-state index is 2.28. The third-order valence-electron chi connectivity index (χ3n) is 2.36. The normalized spacial score (nSPS) is 13.3. The average Bonchev–Trinajstić information content (AvgIpc) is 2.03. The van der Waals surface area contributed by atoms with Gasteiger partial charge < -0.3 is 4.90 Å². The molecule has 1 aromatic rings. The lowest BCUT2D eigenvalue weighted by atomic mass is 9.96. The predicted octanol–water partition coefficient (Wildman–Crippen LogP) is 2.66. The van der Waals surface area contributed by atoms with Crippen molar-refractivity contribution >= 4 is 0 Å². The lowest BCUT2D eigenvalue weighted by molar-refractivity contribution is 0.382. The number of hydrogen-bond donors (Lipinski definition) is 0. The Balaban J connectivity index is 2.76. The SMILES string of the molecule is Cc1ccccc1C(C)CN(C)C. The number of likely N-dealkylation sites (N-methyl/N-ethyl adjacent to an activating group) is 1. The van der Waals surface area contributed by atoms with Crippen LogP contribution in [0, 0.1) is 6.92 Å². The van der Waals surface area contributed by atoms with Crippen molar-refractivity contribution in [1.82, 2.24) is 4.90 Å². The third-order valence-corrected chi connectivity index (χ3v) is 2.36. The van der Waals surface area contributed by atoms with Gasteiger partial charge in [-0.05, 0) is 38.1 Å². The first kappa shape index (κ1) is 10.3. The molecular weight excluding hydrogens is 158 g/mol. The number of hydrogen-bond acceptors (Lipinski definition) is 1. The molecule has 0 fully saturated rings. The molecule has 0 spiro atoms. The number of rotatable bonds is 3. The van der Waals surface area contributed by atoms with E-state index in [1.165, 1.54) is 11.1 Å². The Labute approximate surface area is 81.4 Å². The molecule has 0 bridgehead atoms. The first-order valence-electron chi connectivity index (χ1n) is 4.81. The van der Waals surface area contributed by atoms with Gasteiger partial charge in [-0.1, -0.05) is 31.2 Å². The van der Waals surface area contributed by atoms with E-state index in [-0.39, 0.29) is 0 Å². The fourth-order valence-electron chi connectivity index (χ4n) is 1.79. The first-order valence-corrected chi connectivity index (χ1v) is 4.81. The van der Waals surface area contributed by atoms with Crippen molar-refractivity contribution in [3.8, 4) is 0 Å². The van der Waals surface area contributed by atoms with Crippen molar-refractivity contribution in [3.63, 3.8) is 0 Å². The van der Waals surface area contributed by atoms with Gasteiger partial charge in [-0.25, -0.2) is 0 Å². The van der Waals surface area contributed by atoms with Crippen LogP contribution in [-0.2, 0) is 0 Å². The lowest BCUT2D eigenvalue weighted by Gasteiger charge is -2.18. The minimum atomic E-state index is 0.621. The number of benzene rings is 1. The zero-order chi connectivity index (χ0) is 9.84. The Hall–Kier alpha value is -0.820. The standard InChI is InChI=1S/C12H19N/c1-10-7-5-6-8-12(10)11(2)9-13(3)4/h5-8,11H,9H2,1-4H3. The van der Waals surface area contributed by atoms with Gasteiger partial charge in [0.15, 0.2) is 0 Å². The molecule has 0 heterocycles. The molecule has 0 aliphatic heterocycles. The Morgan fingerprint density at radius 2 is 1.85 bits per heavy atom. The van der Waals surface area contributed by atoms with Gasteiger partial charge in [0.05, 0.1) is 0 Å². The molecule has 0 N–H and O–H groups in total. The highest BCUT2D eigenvalue weighted by atomic mass is 15.1. The van der Waals surface area contributed by atoms with Gasteiger partial charge in [-0.2, -0.15) is 0 Å². The molecular formula is C12H19N. The Morgan fingerprint density at radius 3 is 2.38 bits per heavy atom. The molecule has 1 aromatic carbocycles. The van der Waals surface area contributed by atoms with Gasteiger partial charge in [0, 0.05) is 6.54 Å². The van der Waals surface area contributed by atoms with Crippen LogP contribution in [0.5, 0.6) is 0 Å². The molecule has 1 unspecified atom stereocenters. The Morgan fingerprint density at radius 1 is 1.23 bits per heavy atom. The van der Waals surface area contributed by atoms with E-state index < -0.39 is 0 Å². The van der Waals surface area contributed by atoms with Crippen LogP contribution in [0.4, 0.5) is 0 Å². The van der Waals surface area contributed by atoms with Crippen LogP contribution in [0.1, 0.15) is 24.0 Å². The van der Waals surface area contributed by atoms with Crippen LogP contribution in [0.2, 0.25) is 0 Å². The van der Waals surface area contributed by atoms with Gasteiger partial charge in [0.25, 0.3) is 0 Å².